The van der Waals surface area contributed by atoms with E-state index in [1.807, 2.05) is 30.3 Å². The maximum atomic E-state index is 10.4. The van der Waals surface area contributed by atoms with Gasteiger partial charge in [0.25, 0.3) is 0 Å². The van der Waals surface area contributed by atoms with Gasteiger partial charge in [0.2, 0.25) is 0 Å². The van der Waals surface area contributed by atoms with E-state index in [0.717, 1.165) is 5.56 Å². The number of carboxylic acid groups (broad SMARTS) is 4. The summed E-state index contributed by atoms with van der Waals surface area (Å²) >= 11 is 0. The number of hydrogen-bond acceptors (Lipinski definition) is 8. The standard InChI is InChI=1S/C9H11NO2.C5H12N2O2.C5H9NO4/c10-8(9(11)12)6-7-4-2-1-3-5-7;6-3-1-2-4(7)5(8)9;6-3(5(9)10)1-2-4(7)8/h1-5,8H,6,10H2,(H,11,12);4H,1-3,6-7H2,(H,8,9);3H,1-2,6H2,(H,7,8)(H,9,10)/t8-;4-;3-/m000/s1. The first-order valence-corrected chi connectivity index (χ1v) is 9.33. The predicted molar refractivity (Wildman–Crippen MR) is 112 cm³/mol. The van der Waals surface area contributed by atoms with Gasteiger partial charge in [-0.05, 0) is 37.8 Å². The number of carbonyl (C=O) groups is 4. The van der Waals surface area contributed by atoms with Crippen molar-refractivity contribution in [2.45, 2.75) is 50.2 Å². The molecule has 31 heavy (non-hydrogen) atoms. The smallest absolute Gasteiger partial charge is 0.320 e. The largest absolute Gasteiger partial charge is 0.481 e. The Kier molecular flexibility index (Phi) is 17.3. The second-order valence-corrected chi connectivity index (χ2v) is 6.39. The Balaban J connectivity index is 0. The van der Waals surface area contributed by atoms with Gasteiger partial charge < -0.3 is 43.4 Å². The Morgan fingerprint density at radius 3 is 1.58 bits per heavy atom. The lowest BCUT2D eigenvalue weighted by molar-refractivity contribution is -0.141. The molecule has 0 fully saturated rings. The zero-order chi connectivity index (χ0) is 24.4. The van der Waals surface area contributed by atoms with Gasteiger partial charge in [-0.15, -0.1) is 0 Å². The van der Waals surface area contributed by atoms with Crippen LogP contribution in [-0.4, -0.2) is 69.0 Å². The SMILES string of the molecule is NCCC[C@H](N)C(=O)O.N[C@@H](CCC(=O)O)C(=O)O.N[C@@H](Cc1ccccc1)C(=O)O. The average Bonchev–Trinajstić information content (AvgIpc) is 2.71. The minimum Gasteiger partial charge on any atom is -0.481 e. The first-order valence-electron chi connectivity index (χ1n) is 9.33. The third kappa shape index (κ3) is 18.7. The molecular formula is C19H32N4O8. The summed E-state index contributed by atoms with van der Waals surface area (Å²) in [4.78, 5) is 40.3. The Morgan fingerprint density at radius 2 is 1.19 bits per heavy atom. The number of rotatable bonds is 11. The van der Waals surface area contributed by atoms with E-state index >= 15 is 0 Å². The van der Waals surface area contributed by atoms with Crippen LogP contribution in [0.3, 0.4) is 0 Å². The Bertz CT molecular complexity index is 672. The van der Waals surface area contributed by atoms with E-state index < -0.39 is 42.0 Å². The molecule has 1 rings (SSSR count). The summed E-state index contributed by atoms with van der Waals surface area (Å²) in [5.74, 6) is -4.11. The quantitative estimate of drug-likeness (QED) is 0.205. The van der Waals surface area contributed by atoms with Crippen LogP contribution in [-0.2, 0) is 25.6 Å². The molecule has 12 N–H and O–H groups in total. The second kappa shape index (κ2) is 17.8. The van der Waals surface area contributed by atoms with Gasteiger partial charge in [0.05, 0.1) is 0 Å². The molecule has 0 heterocycles. The lowest BCUT2D eigenvalue weighted by atomic mass is 10.1. The third-order valence-electron chi connectivity index (χ3n) is 3.64. The van der Waals surface area contributed by atoms with Crippen LogP contribution in [0.2, 0.25) is 0 Å². The molecule has 0 radical (unpaired) electrons. The molecule has 0 aliphatic rings. The molecule has 0 bridgehead atoms. The maximum absolute atomic E-state index is 10.4. The number of aliphatic carboxylic acids is 4. The highest BCUT2D eigenvalue weighted by Crippen LogP contribution is 2.01. The highest BCUT2D eigenvalue weighted by atomic mass is 16.4. The van der Waals surface area contributed by atoms with Crippen LogP contribution in [0, 0.1) is 0 Å². The van der Waals surface area contributed by atoms with Gasteiger partial charge in [0.15, 0.2) is 0 Å². The van der Waals surface area contributed by atoms with Crippen LogP contribution in [0.4, 0.5) is 0 Å². The van der Waals surface area contributed by atoms with Crippen molar-refractivity contribution in [2.75, 3.05) is 6.54 Å². The average molecular weight is 444 g/mol. The van der Waals surface area contributed by atoms with Gasteiger partial charge in [-0.25, -0.2) is 0 Å². The zero-order valence-corrected chi connectivity index (χ0v) is 17.1. The van der Waals surface area contributed by atoms with Gasteiger partial charge in [-0.3, -0.25) is 19.2 Å². The summed E-state index contributed by atoms with van der Waals surface area (Å²) < 4.78 is 0. The van der Waals surface area contributed by atoms with Crippen LogP contribution in [0.15, 0.2) is 30.3 Å². The Labute approximate surface area is 179 Å². The fraction of sp³-hybridized carbons (Fsp3) is 0.474. The minimum absolute atomic E-state index is 0.0231. The fourth-order valence-electron chi connectivity index (χ4n) is 1.82. The highest BCUT2D eigenvalue weighted by Gasteiger charge is 2.12. The lowest BCUT2D eigenvalue weighted by Crippen LogP contribution is -2.32. The number of carboxylic acids is 4. The molecule has 12 nitrogen and oxygen atoms in total. The highest BCUT2D eigenvalue weighted by molar-refractivity contribution is 5.74. The molecule has 0 aromatic heterocycles. The zero-order valence-electron chi connectivity index (χ0n) is 17.1. The monoisotopic (exact) mass is 444 g/mol. The predicted octanol–water partition coefficient (Wildman–Crippen LogP) is -0.959. The van der Waals surface area contributed by atoms with Crippen molar-refractivity contribution < 1.29 is 39.6 Å². The van der Waals surface area contributed by atoms with E-state index in [-0.39, 0.29) is 12.8 Å². The summed E-state index contributed by atoms with van der Waals surface area (Å²) in [6, 6.07) is 6.74. The lowest BCUT2D eigenvalue weighted by Gasteiger charge is -2.04. The van der Waals surface area contributed by atoms with Crippen molar-refractivity contribution in [3.63, 3.8) is 0 Å². The van der Waals surface area contributed by atoms with Crippen molar-refractivity contribution in [3.05, 3.63) is 35.9 Å². The van der Waals surface area contributed by atoms with Gasteiger partial charge in [-0.2, -0.15) is 0 Å². The van der Waals surface area contributed by atoms with Crippen molar-refractivity contribution in [2.24, 2.45) is 22.9 Å². The van der Waals surface area contributed by atoms with Crippen LogP contribution < -0.4 is 22.9 Å². The normalized spacial score (nSPS) is 12.6. The summed E-state index contributed by atoms with van der Waals surface area (Å²) in [6.45, 7) is 0.501. The van der Waals surface area contributed by atoms with Gasteiger partial charge >= 0.3 is 23.9 Å². The summed E-state index contributed by atoms with van der Waals surface area (Å²) in [6.07, 6.45) is 1.30. The van der Waals surface area contributed by atoms with Crippen LogP contribution in [0.25, 0.3) is 0 Å². The van der Waals surface area contributed by atoms with Gasteiger partial charge in [-0.1, -0.05) is 30.3 Å². The fourth-order valence-corrected chi connectivity index (χ4v) is 1.82. The number of benzene rings is 1. The van der Waals surface area contributed by atoms with Crippen LogP contribution in [0.5, 0.6) is 0 Å². The molecule has 0 saturated carbocycles. The van der Waals surface area contributed by atoms with E-state index in [1.165, 1.54) is 0 Å². The van der Waals surface area contributed by atoms with Gasteiger partial charge in [0.1, 0.15) is 18.1 Å². The van der Waals surface area contributed by atoms with Crippen molar-refractivity contribution >= 4 is 23.9 Å². The molecule has 0 unspecified atom stereocenters. The maximum Gasteiger partial charge on any atom is 0.320 e. The van der Waals surface area contributed by atoms with Crippen LogP contribution in [0.1, 0.15) is 31.2 Å². The summed E-state index contributed by atoms with van der Waals surface area (Å²) in [5.41, 5.74) is 21.6. The summed E-state index contributed by atoms with van der Waals surface area (Å²) in [5, 5.41) is 33.0. The van der Waals surface area contributed by atoms with Crippen molar-refractivity contribution in [3.8, 4) is 0 Å². The summed E-state index contributed by atoms with van der Waals surface area (Å²) in [7, 11) is 0. The molecule has 3 atom stereocenters. The first kappa shape index (κ1) is 30.1. The van der Waals surface area contributed by atoms with Crippen LogP contribution >= 0.6 is 0 Å². The first-order chi connectivity index (χ1) is 14.4. The minimum atomic E-state index is -1.17. The van der Waals surface area contributed by atoms with Crippen molar-refractivity contribution in [1.29, 1.82) is 0 Å². The Morgan fingerprint density at radius 1 is 0.742 bits per heavy atom. The second-order valence-electron chi connectivity index (χ2n) is 6.39. The molecule has 0 amide bonds. The molecule has 0 saturated heterocycles. The molecule has 176 valence electrons. The molecule has 0 spiro atoms. The molecule has 1 aromatic carbocycles. The van der Waals surface area contributed by atoms with Crippen molar-refractivity contribution in [1.82, 2.24) is 0 Å². The molecule has 0 aliphatic heterocycles. The topological polar surface area (TPSA) is 253 Å². The third-order valence-corrected chi connectivity index (χ3v) is 3.64. The number of nitrogens with two attached hydrogens (primary N) is 4. The van der Waals surface area contributed by atoms with E-state index in [1.54, 1.807) is 0 Å². The molecule has 12 heteroatoms. The molecule has 0 aliphatic carbocycles. The molecule has 1 aromatic rings. The van der Waals surface area contributed by atoms with E-state index in [2.05, 4.69) is 0 Å². The molecular weight excluding hydrogens is 412 g/mol. The number of hydrogen-bond donors (Lipinski definition) is 8. The Hall–Kier alpha value is -3.06. The van der Waals surface area contributed by atoms with E-state index in [4.69, 9.17) is 43.4 Å². The van der Waals surface area contributed by atoms with E-state index in [9.17, 15) is 19.2 Å². The van der Waals surface area contributed by atoms with Gasteiger partial charge in [0, 0.05) is 6.42 Å². The van der Waals surface area contributed by atoms with E-state index in [0.29, 0.717) is 25.8 Å².